The minimum atomic E-state index is -5.57. The molecule has 26 nitrogen and oxygen atoms in total. The summed E-state index contributed by atoms with van der Waals surface area (Å²) in [6.07, 6.45) is -15.5. The number of nitrogen functional groups attached to an aromatic ring is 1. The lowest BCUT2D eigenvalue weighted by Crippen LogP contribution is -2.53. The van der Waals surface area contributed by atoms with Crippen LogP contribution in [-0.4, -0.2) is 147 Å². The molecule has 50 heavy (non-hydrogen) atoms. The van der Waals surface area contributed by atoms with Crippen LogP contribution in [0.2, 0.25) is 0 Å². The molecule has 14 N–H and O–H groups in total. The van der Waals surface area contributed by atoms with Crippen molar-refractivity contribution in [2.45, 2.75) is 67.8 Å². The van der Waals surface area contributed by atoms with Crippen molar-refractivity contribution in [1.29, 1.82) is 0 Å². The Morgan fingerprint density at radius 3 is 2.14 bits per heavy atom. The molecule has 2 fully saturated rings. The van der Waals surface area contributed by atoms with E-state index in [0.29, 0.717) is 0 Å². The number of nitrogens with zero attached hydrogens (tertiary/aromatic N) is 4. The molecule has 0 aromatic carbocycles. The number of hydrogen-bond donors (Lipinski definition) is 12. The third kappa shape index (κ3) is 8.44. The number of phosphoric acid groups is 3. The number of primary amides is 1. The third-order valence-electron chi connectivity index (χ3n) is 7.78. The highest BCUT2D eigenvalue weighted by Gasteiger charge is 2.53. The number of aliphatic hydroxyl groups excluding tert-OH is 5. The molecular weight excluding hydrogens is 747 g/mol. The summed E-state index contributed by atoms with van der Waals surface area (Å²) in [5, 5.41) is 54.9. The van der Waals surface area contributed by atoms with Crippen LogP contribution in [0, 0.1) is 0 Å². The molecule has 0 bridgehead atoms. The molecule has 0 radical (unpaired) electrons. The summed E-state index contributed by atoms with van der Waals surface area (Å²) >= 11 is 0. The van der Waals surface area contributed by atoms with Gasteiger partial charge in [-0.25, -0.2) is 23.7 Å². The summed E-state index contributed by atoms with van der Waals surface area (Å²) < 4.78 is 66.1. The van der Waals surface area contributed by atoms with Crippen molar-refractivity contribution in [3.05, 3.63) is 18.1 Å². The molecule has 282 valence electrons. The first-order valence-corrected chi connectivity index (χ1v) is 18.7. The van der Waals surface area contributed by atoms with Gasteiger partial charge in [-0.15, -0.1) is 0 Å². The van der Waals surface area contributed by atoms with Crippen LogP contribution < -0.4 is 21.7 Å². The van der Waals surface area contributed by atoms with Gasteiger partial charge in [-0.05, 0) is 0 Å². The summed E-state index contributed by atoms with van der Waals surface area (Å²) in [5.41, 5.74) is 11.1. The molecule has 1 amide bonds. The van der Waals surface area contributed by atoms with Gasteiger partial charge in [0.1, 0.15) is 54.7 Å². The van der Waals surface area contributed by atoms with Gasteiger partial charge < -0.3 is 81.2 Å². The van der Waals surface area contributed by atoms with Crippen molar-refractivity contribution in [3.63, 3.8) is 0 Å². The standard InChI is InChI=1S/C21H34N7O19P3/c22-16-11-18(25-5-24-16)28(6-26-11)21-15(46-48(35,36)37)13(31)10(45-21)4-43-50(40,41)47-49(38,39)42-3-9-12(30)14(32)20(44-9)27-2-7(17(23)33)1-8(29)19(27)34/h2,5,8-10,12-15,19-21,26,29-32,34H,1,3-4,6H2,(H2,23,33)(H,38,39)(H,40,41)(H2,22,24,25)(H2,35,36,37)/t8-,9+,10+,12+,13+,14+,15+,19-,20+,21+/m0/s1. The van der Waals surface area contributed by atoms with Crippen molar-refractivity contribution < 1.29 is 91.0 Å². The van der Waals surface area contributed by atoms with Gasteiger partial charge in [0.05, 0.1) is 19.9 Å². The van der Waals surface area contributed by atoms with Crippen molar-refractivity contribution in [2.75, 3.05) is 35.8 Å². The summed E-state index contributed by atoms with van der Waals surface area (Å²) in [6, 6.07) is 0. The number of amides is 1. The fraction of sp³-hybridized carbons (Fsp3) is 0.667. The number of ether oxygens (including phenoxy) is 2. The van der Waals surface area contributed by atoms with Crippen LogP contribution in [0.4, 0.5) is 17.3 Å². The molecule has 4 aliphatic heterocycles. The Morgan fingerprint density at radius 2 is 1.54 bits per heavy atom. The second kappa shape index (κ2) is 14.5. The average Bonchev–Trinajstić information content (AvgIpc) is 3.65. The normalized spacial score (nSPS) is 35.3. The van der Waals surface area contributed by atoms with E-state index in [1.807, 2.05) is 0 Å². The Hall–Kier alpha value is -2.42. The molecule has 0 aliphatic carbocycles. The maximum atomic E-state index is 12.6. The Bertz CT molecular complexity index is 1620. The maximum Gasteiger partial charge on any atom is 0.481 e. The second-order valence-electron chi connectivity index (χ2n) is 11.2. The van der Waals surface area contributed by atoms with E-state index < -0.39 is 104 Å². The van der Waals surface area contributed by atoms with E-state index in [-0.39, 0.29) is 36.0 Å². The van der Waals surface area contributed by atoms with Crippen LogP contribution in [0.25, 0.3) is 0 Å². The molecule has 1 aromatic heterocycles. The van der Waals surface area contributed by atoms with E-state index in [2.05, 4.69) is 24.1 Å². The minimum Gasteiger partial charge on any atom is -0.388 e. The van der Waals surface area contributed by atoms with E-state index in [4.69, 9.17) is 30.0 Å². The second-order valence-corrected chi connectivity index (χ2v) is 15.4. The van der Waals surface area contributed by atoms with E-state index in [1.54, 1.807) is 0 Å². The molecule has 1 aromatic rings. The number of nitrogens with two attached hydrogens (primary N) is 2. The van der Waals surface area contributed by atoms with Crippen molar-refractivity contribution in [1.82, 2.24) is 14.9 Å². The number of fused-ring (bicyclic) bond motifs is 1. The van der Waals surface area contributed by atoms with Crippen molar-refractivity contribution in [2.24, 2.45) is 5.73 Å². The first-order chi connectivity index (χ1) is 23.2. The van der Waals surface area contributed by atoms with Crippen molar-refractivity contribution >= 4 is 46.7 Å². The van der Waals surface area contributed by atoms with E-state index in [0.717, 1.165) is 17.4 Å². The predicted octanol–water partition coefficient (Wildman–Crippen LogP) is -4.74. The topological polar surface area (TPSA) is 402 Å². The molecule has 4 aliphatic rings. The number of hydrogen-bond acceptors (Lipinski definition) is 21. The van der Waals surface area contributed by atoms with Crippen LogP contribution in [0.3, 0.4) is 0 Å². The average molecular weight is 781 g/mol. The van der Waals surface area contributed by atoms with E-state index in [1.165, 1.54) is 4.90 Å². The number of nitrogens with one attached hydrogen (secondary N) is 1. The molecule has 5 heterocycles. The molecule has 5 rings (SSSR count). The number of phosphoric ester groups is 3. The summed E-state index contributed by atoms with van der Waals surface area (Å²) in [7, 11) is -16.4. The number of aromatic nitrogens is 2. The Labute approximate surface area is 280 Å². The van der Waals surface area contributed by atoms with Gasteiger partial charge in [-0.1, -0.05) is 0 Å². The summed E-state index contributed by atoms with van der Waals surface area (Å²) in [6.45, 7) is -2.29. The highest BCUT2D eigenvalue weighted by atomic mass is 31.3. The number of carbonyl (C=O) groups excluding carboxylic acids is 1. The zero-order valence-electron chi connectivity index (χ0n) is 25.1. The maximum absolute atomic E-state index is 12.6. The number of carbonyl (C=O) groups is 1. The van der Waals surface area contributed by atoms with Crippen LogP contribution in [-0.2, 0) is 45.8 Å². The Balaban J connectivity index is 1.19. The first-order valence-electron chi connectivity index (χ1n) is 14.2. The van der Waals surface area contributed by atoms with Crippen LogP contribution in [0.5, 0.6) is 0 Å². The zero-order chi connectivity index (χ0) is 36.9. The molecule has 2 unspecified atom stereocenters. The van der Waals surface area contributed by atoms with Gasteiger partial charge in [0.25, 0.3) is 0 Å². The molecule has 12 atom stereocenters. The van der Waals surface area contributed by atoms with Gasteiger partial charge in [-0.3, -0.25) is 18.4 Å². The largest absolute Gasteiger partial charge is 0.481 e. The zero-order valence-corrected chi connectivity index (χ0v) is 27.8. The van der Waals surface area contributed by atoms with Gasteiger partial charge in [0.15, 0.2) is 30.3 Å². The Morgan fingerprint density at radius 1 is 0.940 bits per heavy atom. The molecule has 2 saturated heterocycles. The molecule has 29 heteroatoms. The predicted molar refractivity (Wildman–Crippen MR) is 158 cm³/mol. The molecule has 0 saturated carbocycles. The lowest BCUT2D eigenvalue weighted by atomic mass is 10.0. The lowest BCUT2D eigenvalue weighted by Gasteiger charge is -2.39. The van der Waals surface area contributed by atoms with Gasteiger partial charge in [-0.2, -0.15) is 4.31 Å². The SMILES string of the molecule is NC(=O)C1=CN([C@@H]2O[C@H](COP(=O)(O)OP(=O)(O)OC[C@H]3O[C@@H](N4CNc5c(N)ncnc54)[C@H](OP(=O)(O)O)[C@@H]3O)[C@@H](O)[C@H]2O)[C@@H](O)[C@@H](O)C1. The quantitative estimate of drug-likeness (QED) is 0.0836. The van der Waals surface area contributed by atoms with E-state index >= 15 is 0 Å². The smallest absolute Gasteiger partial charge is 0.388 e. The number of rotatable bonds is 13. The van der Waals surface area contributed by atoms with Crippen LogP contribution >= 0.6 is 23.5 Å². The van der Waals surface area contributed by atoms with Gasteiger partial charge >= 0.3 is 23.5 Å². The summed E-state index contributed by atoms with van der Waals surface area (Å²) in [4.78, 5) is 60.5. The van der Waals surface area contributed by atoms with E-state index in [9.17, 15) is 63.6 Å². The third-order valence-corrected chi connectivity index (χ3v) is 10.9. The minimum absolute atomic E-state index is 0.0130. The fourth-order valence-electron chi connectivity index (χ4n) is 5.46. The lowest BCUT2D eigenvalue weighted by molar-refractivity contribution is -0.166. The first kappa shape index (κ1) is 38.8. The van der Waals surface area contributed by atoms with Crippen LogP contribution in [0.1, 0.15) is 6.42 Å². The van der Waals surface area contributed by atoms with Crippen molar-refractivity contribution in [3.8, 4) is 0 Å². The highest BCUT2D eigenvalue weighted by molar-refractivity contribution is 7.61. The number of anilines is 3. The molecule has 0 spiro atoms. The summed E-state index contributed by atoms with van der Waals surface area (Å²) in [5.74, 6) is -0.850. The van der Waals surface area contributed by atoms with Gasteiger partial charge in [0, 0.05) is 18.2 Å². The fourth-order valence-corrected chi connectivity index (χ4v) is 8.09. The van der Waals surface area contributed by atoms with Gasteiger partial charge in [0.2, 0.25) is 5.91 Å². The number of aliphatic hydroxyl groups is 5. The van der Waals surface area contributed by atoms with Crippen LogP contribution in [0.15, 0.2) is 18.1 Å². The Kier molecular flexibility index (Phi) is 11.3. The molecular formula is C21H34N7O19P3. The highest BCUT2D eigenvalue weighted by Crippen LogP contribution is 2.61. The monoisotopic (exact) mass is 781 g/mol.